The van der Waals surface area contributed by atoms with Crippen LogP contribution in [0.2, 0.25) is 0 Å². The maximum atomic E-state index is 12.6. The number of hydrogen-bond donors (Lipinski definition) is 1. The van der Waals surface area contributed by atoms with Crippen molar-refractivity contribution >= 4 is 11.9 Å². The van der Waals surface area contributed by atoms with Gasteiger partial charge in [-0.25, -0.2) is 0 Å². The maximum absolute atomic E-state index is 12.6. The fourth-order valence-electron chi connectivity index (χ4n) is 3.54. The van der Waals surface area contributed by atoms with E-state index >= 15 is 0 Å². The van der Waals surface area contributed by atoms with E-state index in [0.29, 0.717) is 5.56 Å². The van der Waals surface area contributed by atoms with Gasteiger partial charge in [0.15, 0.2) is 0 Å². The normalized spacial score (nSPS) is 28.8. The predicted molar refractivity (Wildman–Crippen MR) is 80.4 cm³/mol. The van der Waals surface area contributed by atoms with Crippen molar-refractivity contribution in [3.8, 4) is 0 Å². The number of ether oxygens (including phenoxy) is 2. The second-order valence-electron chi connectivity index (χ2n) is 6.72. The number of alkyl halides is 3. The smallest absolute Gasteiger partial charge is 0.416 e. The zero-order valence-electron chi connectivity index (χ0n) is 13.8. The quantitative estimate of drug-likeness (QED) is 0.842. The van der Waals surface area contributed by atoms with E-state index in [4.69, 9.17) is 9.47 Å². The lowest BCUT2D eigenvalue weighted by Crippen LogP contribution is -2.57. The molecule has 136 valence electrons. The number of rotatable bonds is 4. The summed E-state index contributed by atoms with van der Waals surface area (Å²) in [5, 5.41) is 2.75. The van der Waals surface area contributed by atoms with E-state index in [1.54, 1.807) is 6.92 Å². The molecule has 2 aliphatic heterocycles. The number of fused-ring (bicyclic) bond motifs is 1. The second kappa shape index (κ2) is 5.72. The van der Waals surface area contributed by atoms with Crippen LogP contribution in [-0.2, 0) is 25.2 Å². The molecule has 0 spiro atoms. The van der Waals surface area contributed by atoms with Gasteiger partial charge in [0.05, 0.1) is 30.7 Å². The summed E-state index contributed by atoms with van der Waals surface area (Å²) in [6.07, 6.45) is -3.87. The number of methoxy groups -OCH3 is 1. The molecule has 1 aliphatic carbocycles. The molecular formula is C17H18F3NO4. The first-order valence-electron chi connectivity index (χ1n) is 7.82. The molecule has 1 N–H and O–H groups in total. The monoisotopic (exact) mass is 357 g/mol. The van der Waals surface area contributed by atoms with Crippen molar-refractivity contribution in [2.24, 2.45) is 5.41 Å². The van der Waals surface area contributed by atoms with Gasteiger partial charge >= 0.3 is 12.1 Å². The lowest BCUT2D eigenvalue weighted by Gasteiger charge is -2.41. The average Bonchev–Trinajstić information content (AvgIpc) is 3.11. The number of amides is 1. The van der Waals surface area contributed by atoms with Crippen molar-refractivity contribution in [3.63, 3.8) is 0 Å². The Morgan fingerprint density at radius 2 is 1.84 bits per heavy atom. The molecule has 1 saturated carbocycles. The van der Waals surface area contributed by atoms with Crippen LogP contribution in [0.1, 0.15) is 36.9 Å². The van der Waals surface area contributed by atoms with Gasteiger partial charge in [-0.05, 0) is 24.6 Å². The van der Waals surface area contributed by atoms with Crippen LogP contribution in [0.25, 0.3) is 0 Å². The van der Waals surface area contributed by atoms with Gasteiger partial charge in [-0.3, -0.25) is 9.59 Å². The summed E-state index contributed by atoms with van der Waals surface area (Å²) in [5.41, 5.74) is -1.98. The molecule has 2 saturated heterocycles. The predicted octanol–water partition coefficient (Wildman–Crippen LogP) is 2.60. The average molecular weight is 357 g/mol. The Hall–Kier alpha value is -2.09. The minimum absolute atomic E-state index is 0.141. The van der Waals surface area contributed by atoms with E-state index < -0.39 is 28.8 Å². The van der Waals surface area contributed by atoms with E-state index in [9.17, 15) is 22.8 Å². The number of esters is 1. The highest BCUT2D eigenvalue weighted by molar-refractivity contribution is 5.92. The summed E-state index contributed by atoms with van der Waals surface area (Å²) in [6, 6.07) is 4.14. The van der Waals surface area contributed by atoms with Crippen LogP contribution in [0.15, 0.2) is 24.3 Å². The van der Waals surface area contributed by atoms with Crippen molar-refractivity contribution in [2.45, 2.75) is 37.6 Å². The number of carbonyl (C=O) groups is 2. The molecule has 4 rings (SSSR count). The van der Waals surface area contributed by atoms with Gasteiger partial charge in [-0.2, -0.15) is 13.2 Å². The lowest BCUT2D eigenvalue weighted by molar-refractivity contribution is -0.161. The third-order valence-electron chi connectivity index (χ3n) is 4.99. The molecule has 8 heteroatoms. The van der Waals surface area contributed by atoms with Crippen LogP contribution in [0.3, 0.4) is 0 Å². The molecule has 5 nitrogen and oxygen atoms in total. The summed E-state index contributed by atoms with van der Waals surface area (Å²) in [4.78, 5) is 24.3. The number of nitrogens with one attached hydrogen (secondary N) is 1. The van der Waals surface area contributed by atoms with E-state index in [1.807, 2.05) is 0 Å². The summed E-state index contributed by atoms with van der Waals surface area (Å²) in [5.74, 6) is -0.749. The first kappa shape index (κ1) is 17.7. The minimum Gasteiger partial charge on any atom is -0.469 e. The van der Waals surface area contributed by atoms with Crippen LogP contribution < -0.4 is 5.32 Å². The van der Waals surface area contributed by atoms with Crippen LogP contribution in [-0.4, -0.2) is 31.2 Å². The molecule has 2 bridgehead atoms. The van der Waals surface area contributed by atoms with Gasteiger partial charge in [0, 0.05) is 12.8 Å². The van der Waals surface area contributed by atoms with Crippen LogP contribution in [0.5, 0.6) is 0 Å². The molecule has 1 aromatic carbocycles. The van der Waals surface area contributed by atoms with Crippen LogP contribution in [0, 0.1) is 5.41 Å². The number of hydrogen-bond acceptors (Lipinski definition) is 4. The summed E-state index contributed by atoms with van der Waals surface area (Å²) < 4.78 is 48.1. The molecule has 1 atom stereocenters. The highest BCUT2D eigenvalue weighted by Gasteiger charge is 2.70. The largest absolute Gasteiger partial charge is 0.469 e. The van der Waals surface area contributed by atoms with Crippen molar-refractivity contribution in [2.75, 3.05) is 13.7 Å². The van der Waals surface area contributed by atoms with Crippen LogP contribution >= 0.6 is 0 Å². The van der Waals surface area contributed by atoms with Gasteiger partial charge in [0.1, 0.15) is 5.60 Å². The molecule has 3 fully saturated rings. The van der Waals surface area contributed by atoms with E-state index in [1.165, 1.54) is 19.2 Å². The fourth-order valence-corrected chi connectivity index (χ4v) is 3.54. The Labute approximate surface area is 142 Å². The lowest BCUT2D eigenvalue weighted by atomic mass is 9.62. The first-order valence-corrected chi connectivity index (χ1v) is 7.82. The molecule has 0 aromatic heterocycles. The van der Waals surface area contributed by atoms with E-state index in [2.05, 4.69) is 5.32 Å². The Kier molecular flexibility index (Phi) is 4.06. The number of benzene rings is 1. The Morgan fingerprint density at radius 1 is 1.24 bits per heavy atom. The Morgan fingerprint density at radius 3 is 2.36 bits per heavy atom. The number of carbonyl (C=O) groups excluding carboxylic acids is 2. The molecule has 25 heavy (non-hydrogen) atoms. The highest BCUT2D eigenvalue weighted by Crippen LogP contribution is 2.58. The van der Waals surface area contributed by atoms with Gasteiger partial charge in [0.25, 0.3) is 5.91 Å². The Balaban J connectivity index is 1.64. The van der Waals surface area contributed by atoms with E-state index in [0.717, 1.165) is 12.1 Å². The molecule has 1 amide bonds. The summed E-state index contributed by atoms with van der Waals surface area (Å²) in [6.45, 7) is 1.82. The maximum Gasteiger partial charge on any atom is 0.416 e. The topological polar surface area (TPSA) is 64.6 Å². The fraction of sp³-hybridized carbons (Fsp3) is 0.529. The molecule has 1 aromatic rings. The van der Waals surface area contributed by atoms with Crippen molar-refractivity contribution in [3.05, 3.63) is 35.4 Å². The molecule has 3 aliphatic rings. The minimum atomic E-state index is -4.40. The van der Waals surface area contributed by atoms with Gasteiger partial charge in [-0.1, -0.05) is 12.1 Å². The van der Waals surface area contributed by atoms with Crippen molar-refractivity contribution < 1.29 is 32.2 Å². The van der Waals surface area contributed by atoms with Crippen LogP contribution in [0.4, 0.5) is 13.2 Å². The Bertz CT molecular complexity index is 693. The van der Waals surface area contributed by atoms with E-state index in [-0.39, 0.29) is 31.3 Å². The molecule has 2 heterocycles. The SMILES string of the molecule is COC(=O)C12COC(C(=O)N[C@@H](C)c3ccc(C(F)(F)F)cc3)(C1)C2. The van der Waals surface area contributed by atoms with Gasteiger partial charge in [-0.15, -0.1) is 0 Å². The zero-order valence-corrected chi connectivity index (χ0v) is 13.8. The third-order valence-corrected chi connectivity index (χ3v) is 4.99. The standard InChI is InChI=1S/C17H18F3NO4/c1-10(11-3-5-12(6-4-11)17(18,19)20)21-13(22)16-7-15(8-16,9-25-16)14(23)24-2/h3-6,10H,7-9H2,1-2H3,(H,21,22)/t10-,15?,16?/m0/s1. The summed E-state index contributed by atoms with van der Waals surface area (Å²) >= 11 is 0. The van der Waals surface area contributed by atoms with Gasteiger partial charge in [0.2, 0.25) is 0 Å². The molecule has 0 radical (unpaired) electrons. The molecular weight excluding hydrogens is 339 g/mol. The van der Waals surface area contributed by atoms with Crippen molar-refractivity contribution in [1.29, 1.82) is 0 Å². The third kappa shape index (κ3) is 2.88. The molecule has 0 unspecified atom stereocenters. The van der Waals surface area contributed by atoms with Crippen molar-refractivity contribution in [1.82, 2.24) is 5.32 Å². The summed E-state index contributed by atoms with van der Waals surface area (Å²) in [7, 11) is 1.29. The highest BCUT2D eigenvalue weighted by atomic mass is 19.4. The zero-order chi connectivity index (χ0) is 18.5. The number of halogens is 3. The first-order chi connectivity index (χ1) is 11.6. The second-order valence-corrected chi connectivity index (χ2v) is 6.72. The van der Waals surface area contributed by atoms with Gasteiger partial charge < -0.3 is 14.8 Å².